The number of nitrogen functional groups attached to an aromatic ring is 1. The Bertz CT molecular complexity index is 516. The monoisotopic (exact) mass is 269 g/mol. The summed E-state index contributed by atoms with van der Waals surface area (Å²) in [6, 6.07) is 1.49. The molecule has 1 aliphatic rings. The van der Waals surface area contributed by atoms with Crippen LogP contribution in [-0.4, -0.2) is 19.9 Å². The summed E-state index contributed by atoms with van der Waals surface area (Å²) in [5, 5.41) is 0. The van der Waals surface area contributed by atoms with Gasteiger partial charge in [-0.1, -0.05) is 19.8 Å². The highest BCUT2D eigenvalue weighted by atomic mass is 32.2. The second-order valence-corrected chi connectivity index (χ2v) is 6.67. The van der Waals surface area contributed by atoms with Crippen molar-refractivity contribution in [2.45, 2.75) is 31.1 Å². The van der Waals surface area contributed by atoms with Crippen LogP contribution in [0.15, 0.2) is 23.4 Å². The van der Waals surface area contributed by atoms with Crippen LogP contribution in [0.4, 0.5) is 5.69 Å². The van der Waals surface area contributed by atoms with E-state index in [-0.39, 0.29) is 10.6 Å². The Kier molecular flexibility index (Phi) is 3.87. The van der Waals surface area contributed by atoms with Crippen molar-refractivity contribution in [2.75, 3.05) is 12.3 Å². The highest BCUT2D eigenvalue weighted by molar-refractivity contribution is 7.89. The molecule has 1 heterocycles. The van der Waals surface area contributed by atoms with Crippen LogP contribution in [0.5, 0.6) is 0 Å². The molecule has 0 aliphatic heterocycles. The Labute approximate surface area is 108 Å². The van der Waals surface area contributed by atoms with Crippen LogP contribution in [0.1, 0.15) is 26.2 Å². The molecule has 0 amide bonds. The lowest BCUT2D eigenvalue weighted by Gasteiger charge is -2.16. The van der Waals surface area contributed by atoms with Crippen molar-refractivity contribution in [3.05, 3.63) is 18.5 Å². The predicted molar refractivity (Wildman–Crippen MR) is 70.3 cm³/mol. The molecule has 1 aromatic heterocycles. The van der Waals surface area contributed by atoms with Crippen LogP contribution in [0.3, 0.4) is 0 Å². The van der Waals surface area contributed by atoms with Gasteiger partial charge in [0.2, 0.25) is 10.0 Å². The Hall–Kier alpha value is -1.14. The lowest BCUT2D eigenvalue weighted by atomic mass is 9.99. The number of hydrogen-bond donors (Lipinski definition) is 2. The summed E-state index contributed by atoms with van der Waals surface area (Å²) < 4.78 is 26.8. The van der Waals surface area contributed by atoms with E-state index in [9.17, 15) is 8.42 Å². The average Bonchev–Trinajstić information content (AvgIpc) is 2.73. The molecule has 0 aromatic carbocycles. The van der Waals surface area contributed by atoms with E-state index in [1.165, 1.54) is 31.3 Å². The Morgan fingerprint density at radius 2 is 2.28 bits per heavy atom. The molecule has 18 heavy (non-hydrogen) atoms. The molecule has 1 aliphatic carbocycles. The summed E-state index contributed by atoms with van der Waals surface area (Å²) in [6.07, 6.45) is 6.22. The van der Waals surface area contributed by atoms with Crippen LogP contribution in [0, 0.1) is 11.8 Å². The van der Waals surface area contributed by atoms with Gasteiger partial charge in [-0.05, 0) is 24.3 Å². The zero-order chi connectivity index (χ0) is 13.2. The lowest BCUT2D eigenvalue weighted by Crippen LogP contribution is -2.30. The van der Waals surface area contributed by atoms with Crippen molar-refractivity contribution in [1.82, 2.24) is 9.71 Å². The molecular weight excluding hydrogens is 250 g/mol. The smallest absolute Gasteiger partial charge is 0.244 e. The molecule has 1 fully saturated rings. The molecule has 6 heteroatoms. The number of aromatic nitrogens is 1. The van der Waals surface area contributed by atoms with Crippen LogP contribution in [0.25, 0.3) is 0 Å². The van der Waals surface area contributed by atoms with Crippen molar-refractivity contribution < 1.29 is 8.42 Å². The predicted octanol–water partition coefficient (Wildman–Crippen LogP) is 1.38. The first-order chi connectivity index (χ1) is 8.50. The standard InChI is InChI=1S/C12H19N3O2S/c1-9-3-2-4-10(9)7-15-18(16,17)12-8-14-6-5-11(12)13/h5-6,8-10,15H,2-4,7H2,1H3,(H2,13,14). The maximum atomic E-state index is 12.1. The third-order valence-corrected chi connectivity index (χ3v) is 5.15. The topological polar surface area (TPSA) is 85.1 Å². The Balaban J connectivity index is 2.06. The van der Waals surface area contributed by atoms with Gasteiger partial charge in [-0.2, -0.15) is 0 Å². The van der Waals surface area contributed by atoms with Gasteiger partial charge in [-0.25, -0.2) is 13.1 Å². The third kappa shape index (κ3) is 2.81. The minimum atomic E-state index is -3.54. The maximum absolute atomic E-state index is 12.1. The van der Waals surface area contributed by atoms with Crippen molar-refractivity contribution >= 4 is 15.7 Å². The molecular formula is C12H19N3O2S. The quantitative estimate of drug-likeness (QED) is 0.864. The summed E-state index contributed by atoms with van der Waals surface area (Å²) in [6.45, 7) is 2.65. The van der Waals surface area contributed by atoms with Gasteiger partial charge in [0.05, 0.1) is 5.69 Å². The largest absolute Gasteiger partial charge is 0.398 e. The van der Waals surface area contributed by atoms with Gasteiger partial charge in [0, 0.05) is 18.9 Å². The lowest BCUT2D eigenvalue weighted by molar-refractivity contribution is 0.414. The normalized spacial score (nSPS) is 24.3. The van der Waals surface area contributed by atoms with Gasteiger partial charge in [-0.15, -0.1) is 0 Å². The van der Waals surface area contributed by atoms with E-state index in [0.717, 1.165) is 6.42 Å². The number of pyridine rings is 1. The van der Waals surface area contributed by atoms with Gasteiger partial charge in [0.25, 0.3) is 0 Å². The first-order valence-electron chi connectivity index (χ1n) is 6.20. The fourth-order valence-electron chi connectivity index (χ4n) is 2.44. The number of sulfonamides is 1. The molecule has 0 bridgehead atoms. The minimum Gasteiger partial charge on any atom is -0.398 e. The van der Waals surface area contributed by atoms with Crippen LogP contribution < -0.4 is 10.5 Å². The Morgan fingerprint density at radius 1 is 1.50 bits per heavy atom. The molecule has 2 rings (SSSR count). The summed E-state index contributed by atoms with van der Waals surface area (Å²) in [4.78, 5) is 3.87. The summed E-state index contributed by atoms with van der Waals surface area (Å²) in [7, 11) is -3.54. The van der Waals surface area contributed by atoms with E-state index in [0.29, 0.717) is 18.4 Å². The van der Waals surface area contributed by atoms with Crippen LogP contribution in [-0.2, 0) is 10.0 Å². The Morgan fingerprint density at radius 3 is 2.89 bits per heavy atom. The fraction of sp³-hybridized carbons (Fsp3) is 0.583. The molecule has 3 N–H and O–H groups in total. The molecule has 0 radical (unpaired) electrons. The zero-order valence-corrected chi connectivity index (χ0v) is 11.3. The molecule has 1 saturated carbocycles. The van der Waals surface area contributed by atoms with E-state index in [1.54, 1.807) is 0 Å². The van der Waals surface area contributed by atoms with Crippen LogP contribution >= 0.6 is 0 Å². The summed E-state index contributed by atoms with van der Waals surface area (Å²) in [5.41, 5.74) is 5.89. The van der Waals surface area contributed by atoms with E-state index < -0.39 is 10.0 Å². The number of anilines is 1. The molecule has 1 aromatic rings. The molecule has 100 valence electrons. The fourth-order valence-corrected chi connectivity index (χ4v) is 3.60. The zero-order valence-electron chi connectivity index (χ0n) is 10.5. The molecule has 2 atom stereocenters. The third-order valence-electron chi connectivity index (χ3n) is 3.68. The van der Waals surface area contributed by atoms with Crippen molar-refractivity contribution in [3.8, 4) is 0 Å². The van der Waals surface area contributed by atoms with E-state index >= 15 is 0 Å². The van der Waals surface area contributed by atoms with Gasteiger partial charge >= 0.3 is 0 Å². The molecule has 5 nitrogen and oxygen atoms in total. The second kappa shape index (κ2) is 5.24. The van der Waals surface area contributed by atoms with Gasteiger partial charge in [0.15, 0.2) is 0 Å². The number of hydrogen-bond acceptors (Lipinski definition) is 4. The molecule has 2 unspecified atom stereocenters. The van der Waals surface area contributed by atoms with Crippen molar-refractivity contribution in [3.63, 3.8) is 0 Å². The van der Waals surface area contributed by atoms with Gasteiger partial charge in [0.1, 0.15) is 4.90 Å². The number of nitrogens with one attached hydrogen (secondary N) is 1. The number of rotatable bonds is 4. The van der Waals surface area contributed by atoms with Gasteiger partial charge in [-0.3, -0.25) is 4.98 Å². The molecule has 0 spiro atoms. The minimum absolute atomic E-state index is 0.0654. The van der Waals surface area contributed by atoms with Gasteiger partial charge < -0.3 is 5.73 Å². The average molecular weight is 269 g/mol. The van der Waals surface area contributed by atoms with Crippen molar-refractivity contribution in [2.24, 2.45) is 11.8 Å². The first kappa shape index (κ1) is 13.3. The SMILES string of the molecule is CC1CCCC1CNS(=O)(=O)c1cnccc1N. The summed E-state index contributed by atoms with van der Waals surface area (Å²) >= 11 is 0. The van der Waals surface area contributed by atoms with Crippen molar-refractivity contribution in [1.29, 1.82) is 0 Å². The molecule has 0 saturated heterocycles. The number of nitrogens with zero attached hydrogens (tertiary/aromatic N) is 1. The maximum Gasteiger partial charge on any atom is 0.244 e. The number of nitrogens with two attached hydrogens (primary N) is 1. The highest BCUT2D eigenvalue weighted by Crippen LogP contribution is 2.30. The van der Waals surface area contributed by atoms with Crippen LogP contribution in [0.2, 0.25) is 0 Å². The van der Waals surface area contributed by atoms with E-state index in [4.69, 9.17) is 5.73 Å². The summed E-state index contributed by atoms with van der Waals surface area (Å²) in [5.74, 6) is 1.01. The van der Waals surface area contributed by atoms with E-state index in [2.05, 4.69) is 16.6 Å². The first-order valence-corrected chi connectivity index (χ1v) is 7.68. The highest BCUT2D eigenvalue weighted by Gasteiger charge is 2.26. The second-order valence-electron chi connectivity index (χ2n) is 4.93. The van der Waals surface area contributed by atoms with E-state index in [1.807, 2.05) is 0 Å².